The molecular formula is C9H15NO2S2. The zero-order valence-electron chi connectivity index (χ0n) is 8.19. The van der Waals surface area contributed by atoms with E-state index in [1.807, 2.05) is 16.8 Å². The van der Waals surface area contributed by atoms with Crippen molar-refractivity contribution in [2.24, 2.45) is 0 Å². The molecule has 5 heteroatoms. The van der Waals surface area contributed by atoms with Crippen LogP contribution in [-0.2, 0) is 9.84 Å². The van der Waals surface area contributed by atoms with Crippen LogP contribution in [0.1, 0.15) is 13.3 Å². The lowest BCUT2D eigenvalue weighted by molar-refractivity contribution is 0.595. The Labute approximate surface area is 89.1 Å². The zero-order chi connectivity index (χ0) is 10.4. The van der Waals surface area contributed by atoms with Crippen molar-refractivity contribution in [3.05, 3.63) is 16.8 Å². The van der Waals surface area contributed by atoms with E-state index in [-0.39, 0.29) is 11.5 Å². The Morgan fingerprint density at radius 3 is 2.86 bits per heavy atom. The SMILES string of the molecule is CCS(=O)(=O)CCCNc1ccsc1. The fraction of sp³-hybridized carbons (Fsp3) is 0.556. The lowest BCUT2D eigenvalue weighted by Gasteiger charge is -2.03. The number of nitrogens with one attached hydrogen (secondary N) is 1. The molecule has 0 saturated carbocycles. The normalized spacial score (nSPS) is 11.5. The van der Waals surface area contributed by atoms with Crippen LogP contribution >= 0.6 is 11.3 Å². The van der Waals surface area contributed by atoms with Crippen LogP contribution in [0.25, 0.3) is 0 Å². The lowest BCUT2D eigenvalue weighted by Crippen LogP contribution is -2.12. The highest BCUT2D eigenvalue weighted by Gasteiger charge is 2.05. The molecule has 1 N–H and O–H groups in total. The van der Waals surface area contributed by atoms with E-state index in [9.17, 15) is 8.42 Å². The first kappa shape index (κ1) is 11.5. The summed E-state index contributed by atoms with van der Waals surface area (Å²) in [6, 6.07) is 1.99. The van der Waals surface area contributed by atoms with Gasteiger partial charge in [0, 0.05) is 23.4 Å². The second-order valence-corrected chi connectivity index (χ2v) is 6.28. The standard InChI is InChI=1S/C9H15NO2S2/c1-2-14(11,12)7-3-5-10-9-4-6-13-8-9/h4,6,8,10H,2-3,5,7H2,1H3. The quantitative estimate of drug-likeness (QED) is 0.764. The first-order chi connectivity index (χ1) is 6.64. The molecule has 14 heavy (non-hydrogen) atoms. The summed E-state index contributed by atoms with van der Waals surface area (Å²) in [4.78, 5) is 0. The number of sulfone groups is 1. The molecule has 0 aliphatic heterocycles. The Bertz CT molecular complexity index is 343. The molecule has 1 rings (SSSR count). The largest absolute Gasteiger partial charge is 0.384 e. The summed E-state index contributed by atoms with van der Waals surface area (Å²) < 4.78 is 22.3. The number of hydrogen-bond acceptors (Lipinski definition) is 4. The summed E-state index contributed by atoms with van der Waals surface area (Å²) in [6.45, 7) is 2.40. The Morgan fingerprint density at radius 2 is 2.29 bits per heavy atom. The molecule has 0 unspecified atom stereocenters. The van der Waals surface area contributed by atoms with E-state index in [0.29, 0.717) is 6.42 Å². The van der Waals surface area contributed by atoms with Gasteiger partial charge in [-0.3, -0.25) is 0 Å². The number of hydrogen-bond donors (Lipinski definition) is 1. The average Bonchev–Trinajstić information content (AvgIpc) is 2.65. The smallest absolute Gasteiger partial charge is 0.150 e. The van der Waals surface area contributed by atoms with Crippen LogP contribution in [0.3, 0.4) is 0 Å². The van der Waals surface area contributed by atoms with E-state index in [2.05, 4.69) is 5.32 Å². The van der Waals surface area contributed by atoms with Gasteiger partial charge in [0.1, 0.15) is 9.84 Å². The van der Waals surface area contributed by atoms with Crippen LogP contribution in [0.15, 0.2) is 16.8 Å². The molecule has 1 aromatic heterocycles. The molecule has 0 fully saturated rings. The maximum atomic E-state index is 11.1. The topological polar surface area (TPSA) is 46.2 Å². The number of anilines is 1. The predicted molar refractivity (Wildman–Crippen MR) is 61.8 cm³/mol. The van der Waals surface area contributed by atoms with Gasteiger partial charge in [0.2, 0.25) is 0 Å². The van der Waals surface area contributed by atoms with Crippen LogP contribution in [0.5, 0.6) is 0 Å². The lowest BCUT2D eigenvalue weighted by atomic mass is 10.4. The van der Waals surface area contributed by atoms with E-state index in [1.165, 1.54) is 0 Å². The van der Waals surface area contributed by atoms with Gasteiger partial charge >= 0.3 is 0 Å². The van der Waals surface area contributed by atoms with E-state index < -0.39 is 9.84 Å². The highest BCUT2D eigenvalue weighted by atomic mass is 32.2. The molecule has 1 heterocycles. The van der Waals surface area contributed by atoms with Gasteiger partial charge in [-0.15, -0.1) is 0 Å². The minimum atomic E-state index is -2.80. The summed E-state index contributed by atoms with van der Waals surface area (Å²) in [5, 5.41) is 7.17. The molecule has 0 spiro atoms. The van der Waals surface area contributed by atoms with Crippen molar-refractivity contribution in [1.29, 1.82) is 0 Å². The fourth-order valence-electron chi connectivity index (χ4n) is 1.03. The molecule has 0 aliphatic rings. The van der Waals surface area contributed by atoms with Crippen LogP contribution < -0.4 is 5.32 Å². The first-order valence-corrected chi connectivity index (χ1v) is 7.37. The van der Waals surface area contributed by atoms with E-state index in [0.717, 1.165) is 12.2 Å². The molecule has 0 aliphatic carbocycles. The van der Waals surface area contributed by atoms with E-state index in [4.69, 9.17) is 0 Å². The monoisotopic (exact) mass is 233 g/mol. The second kappa shape index (κ2) is 5.36. The van der Waals surface area contributed by atoms with Gasteiger partial charge < -0.3 is 5.32 Å². The summed E-state index contributed by atoms with van der Waals surface area (Å²) in [5.41, 5.74) is 1.07. The first-order valence-electron chi connectivity index (χ1n) is 4.60. The van der Waals surface area contributed by atoms with Gasteiger partial charge in [-0.25, -0.2) is 8.42 Å². The summed E-state index contributed by atoms with van der Waals surface area (Å²) in [6.07, 6.45) is 0.673. The molecule has 0 saturated heterocycles. The highest BCUT2D eigenvalue weighted by Crippen LogP contribution is 2.11. The van der Waals surface area contributed by atoms with Crippen molar-refractivity contribution in [2.75, 3.05) is 23.4 Å². The molecule has 0 bridgehead atoms. The average molecular weight is 233 g/mol. The minimum absolute atomic E-state index is 0.242. The number of rotatable bonds is 6. The van der Waals surface area contributed by atoms with Gasteiger partial charge in [0.05, 0.1) is 5.75 Å². The Kier molecular flexibility index (Phi) is 4.41. The third-order valence-corrected chi connectivity index (χ3v) is 4.40. The predicted octanol–water partition coefficient (Wildman–Crippen LogP) is 1.98. The van der Waals surface area contributed by atoms with Gasteiger partial charge in [-0.2, -0.15) is 11.3 Å². The van der Waals surface area contributed by atoms with Crippen molar-refractivity contribution in [2.45, 2.75) is 13.3 Å². The fourth-order valence-corrected chi connectivity index (χ4v) is 2.52. The van der Waals surface area contributed by atoms with Crippen molar-refractivity contribution in [3.63, 3.8) is 0 Å². The Morgan fingerprint density at radius 1 is 1.50 bits per heavy atom. The molecule has 0 atom stereocenters. The van der Waals surface area contributed by atoms with Gasteiger partial charge in [-0.1, -0.05) is 6.92 Å². The molecule has 0 aromatic carbocycles. The highest BCUT2D eigenvalue weighted by molar-refractivity contribution is 7.91. The Hall–Kier alpha value is -0.550. The molecular weight excluding hydrogens is 218 g/mol. The summed E-state index contributed by atoms with van der Waals surface area (Å²) >= 11 is 1.63. The second-order valence-electron chi connectivity index (χ2n) is 3.03. The molecule has 80 valence electrons. The van der Waals surface area contributed by atoms with Gasteiger partial charge in [0.15, 0.2) is 0 Å². The van der Waals surface area contributed by atoms with E-state index >= 15 is 0 Å². The van der Waals surface area contributed by atoms with Crippen LogP contribution in [0.2, 0.25) is 0 Å². The molecule has 3 nitrogen and oxygen atoms in total. The van der Waals surface area contributed by atoms with Crippen LogP contribution in [-0.4, -0.2) is 26.5 Å². The molecule has 1 aromatic rings. The van der Waals surface area contributed by atoms with Crippen molar-refractivity contribution < 1.29 is 8.42 Å². The van der Waals surface area contributed by atoms with Crippen molar-refractivity contribution in [1.82, 2.24) is 0 Å². The van der Waals surface area contributed by atoms with Crippen LogP contribution in [0, 0.1) is 0 Å². The zero-order valence-corrected chi connectivity index (χ0v) is 9.83. The summed E-state index contributed by atoms with van der Waals surface area (Å²) in [7, 11) is -2.80. The minimum Gasteiger partial charge on any atom is -0.384 e. The molecule has 0 amide bonds. The summed E-state index contributed by atoms with van der Waals surface area (Å²) in [5.74, 6) is 0.520. The third kappa shape index (κ3) is 4.11. The molecule has 0 radical (unpaired) electrons. The van der Waals surface area contributed by atoms with E-state index in [1.54, 1.807) is 18.3 Å². The Balaban J connectivity index is 2.17. The van der Waals surface area contributed by atoms with Crippen LogP contribution in [0.4, 0.5) is 5.69 Å². The van der Waals surface area contributed by atoms with Crippen molar-refractivity contribution in [3.8, 4) is 0 Å². The van der Waals surface area contributed by atoms with Gasteiger partial charge in [0.25, 0.3) is 0 Å². The van der Waals surface area contributed by atoms with Gasteiger partial charge in [-0.05, 0) is 17.9 Å². The maximum absolute atomic E-state index is 11.1. The third-order valence-electron chi connectivity index (χ3n) is 1.92. The maximum Gasteiger partial charge on any atom is 0.150 e. The number of thiophene rings is 1. The van der Waals surface area contributed by atoms with Crippen molar-refractivity contribution >= 4 is 26.9 Å².